The van der Waals surface area contributed by atoms with Crippen molar-refractivity contribution in [1.29, 1.82) is 0 Å². The predicted octanol–water partition coefficient (Wildman–Crippen LogP) is 4.00. The largest absolute Gasteiger partial charge is 0.497 e. The van der Waals surface area contributed by atoms with Crippen molar-refractivity contribution in [3.05, 3.63) is 84.1 Å². The minimum Gasteiger partial charge on any atom is -0.497 e. The molecule has 138 valence electrons. The maximum Gasteiger partial charge on any atom is 0.289 e. The Labute approximate surface area is 161 Å². The van der Waals surface area contributed by atoms with Gasteiger partial charge in [-0.1, -0.05) is 36.4 Å². The van der Waals surface area contributed by atoms with Crippen LogP contribution in [0.3, 0.4) is 0 Å². The first-order chi connectivity index (χ1) is 13.7. The van der Waals surface area contributed by atoms with Crippen LogP contribution in [-0.4, -0.2) is 29.4 Å². The van der Waals surface area contributed by atoms with Gasteiger partial charge >= 0.3 is 0 Å². The maximum absolute atomic E-state index is 12.3. The zero-order valence-electron chi connectivity index (χ0n) is 15.2. The Hall–Kier alpha value is -3.93. The van der Waals surface area contributed by atoms with Crippen molar-refractivity contribution < 1.29 is 9.53 Å². The van der Waals surface area contributed by atoms with E-state index < -0.39 is 0 Å². The highest BCUT2D eigenvalue weighted by molar-refractivity contribution is 5.95. The fraction of sp³-hybridized carbons (Fsp3) is 0.0455. The molecule has 1 aromatic heterocycles. The number of hydrogen-bond donors (Lipinski definition) is 2. The van der Waals surface area contributed by atoms with Crippen LogP contribution in [0, 0.1) is 0 Å². The molecule has 2 N–H and O–H groups in total. The summed E-state index contributed by atoms with van der Waals surface area (Å²) in [5, 5.41) is 13.2. The number of fused-ring (bicyclic) bond motifs is 1. The average molecular weight is 370 g/mol. The molecule has 28 heavy (non-hydrogen) atoms. The third-order valence-electron chi connectivity index (χ3n) is 4.36. The molecule has 0 unspecified atom stereocenters. The van der Waals surface area contributed by atoms with Crippen LogP contribution in [0.5, 0.6) is 5.75 Å². The van der Waals surface area contributed by atoms with E-state index in [9.17, 15) is 4.79 Å². The van der Waals surface area contributed by atoms with Crippen LogP contribution in [0.25, 0.3) is 22.0 Å². The van der Waals surface area contributed by atoms with Gasteiger partial charge in [0.25, 0.3) is 5.91 Å². The summed E-state index contributed by atoms with van der Waals surface area (Å²) in [6.45, 7) is 0. The number of carbonyl (C=O) groups is 1. The highest BCUT2D eigenvalue weighted by atomic mass is 16.5. The minimum atomic E-state index is -0.357. The number of aromatic nitrogens is 2. The van der Waals surface area contributed by atoms with E-state index in [2.05, 4.69) is 26.8 Å². The van der Waals surface area contributed by atoms with Gasteiger partial charge in [0.2, 0.25) is 0 Å². The summed E-state index contributed by atoms with van der Waals surface area (Å²) in [7, 11) is 1.62. The quantitative estimate of drug-likeness (QED) is 0.412. The van der Waals surface area contributed by atoms with Crippen LogP contribution in [0.4, 0.5) is 0 Å². The summed E-state index contributed by atoms with van der Waals surface area (Å²) in [4.78, 5) is 12.3. The molecular formula is C22H18N4O2. The van der Waals surface area contributed by atoms with Gasteiger partial charge in [-0.15, -0.1) is 0 Å². The summed E-state index contributed by atoms with van der Waals surface area (Å²) >= 11 is 0. The van der Waals surface area contributed by atoms with Gasteiger partial charge in [-0.05, 0) is 52.7 Å². The Morgan fingerprint density at radius 1 is 1.04 bits per heavy atom. The Bertz CT molecular complexity index is 1150. The van der Waals surface area contributed by atoms with Gasteiger partial charge in [-0.3, -0.25) is 9.89 Å². The van der Waals surface area contributed by atoms with Crippen LogP contribution < -0.4 is 10.2 Å². The Balaban J connectivity index is 1.43. The monoisotopic (exact) mass is 370 g/mol. The smallest absolute Gasteiger partial charge is 0.289 e. The van der Waals surface area contributed by atoms with E-state index in [0.29, 0.717) is 11.4 Å². The van der Waals surface area contributed by atoms with Gasteiger partial charge in [0.15, 0.2) is 0 Å². The molecule has 0 atom stereocenters. The highest BCUT2D eigenvalue weighted by Crippen LogP contribution is 2.21. The first kappa shape index (κ1) is 17.5. The number of hydrogen-bond acceptors (Lipinski definition) is 4. The molecule has 1 amide bonds. The first-order valence-electron chi connectivity index (χ1n) is 8.75. The Morgan fingerprint density at radius 2 is 1.82 bits per heavy atom. The SMILES string of the molecule is COc1ccc(-c2cc(C(=O)N/N=C/c3ccc4ccccc4c3)[nH]n2)cc1. The molecule has 0 fully saturated rings. The fourth-order valence-corrected chi connectivity index (χ4v) is 2.86. The van der Waals surface area contributed by atoms with E-state index in [1.54, 1.807) is 19.4 Å². The molecule has 0 radical (unpaired) electrons. The summed E-state index contributed by atoms with van der Waals surface area (Å²) in [6.07, 6.45) is 1.62. The van der Waals surface area contributed by atoms with Gasteiger partial charge in [0.05, 0.1) is 19.0 Å². The normalized spacial score (nSPS) is 11.0. The lowest BCUT2D eigenvalue weighted by Gasteiger charge is -2.00. The van der Waals surface area contributed by atoms with Crippen molar-refractivity contribution in [2.24, 2.45) is 5.10 Å². The standard InChI is InChI=1S/C22H18N4O2/c1-28-19-10-8-17(9-11-19)20-13-21(25-24-20)22(27)26-23-14-15-6-7-16-4-2-3-5-18(16)12-15/h2-14H,1H3,(H,24,25)(H,26,27)/b23-14+. The molecule has 6 heteroatoms. The molecule has 4 rings (SSSR count). The topological polar surface area (TPSA) is 79.4 Å². The summed E-state index contributed by atoms with van der Waals surface area (Å²) in [5.74, 6) is 0.407. The van der Waals surface area contributed by atoms with Crippen LogP contribution in [0.15, 0.2) is 77.9 Å². The van der Waals surface area contributed by atoms with E-state index in [0.717, 1.165) is 27.6 Å². The molecular weight excluding hydrogens is 352 g/mol. The molecule has 0 saturated heterocycles. The van der Waals surface area contributed by atoms with Crippen LogP contribution >= 0.6 is 0 Å². The van der Waals surface area contributed by atoms with E-state index >= 15 is 0 Å². The molecule has 6 nitrogen and oxygen atoms in total. The van der Waals surface area contributed by atoms with Crippen molar-refractivity contribution in [2.45, 2.75) is 0 Å². The number of nitrogens with zero attached hydrogens (tertiary/aromatic N) is 2. The molecule has 0 bridgehead atoms. The molecule has 0 saturated carbocycles. The summed E-state index contributed by atoms with van der Waals surface area (Å²) in [5.41, 5.74) is 5.32. The third-order valence-corrected chi connectivity index (χ3v) is 4.36. The third kappa shape index (κ3) is 3.76. The lowest BCUT2D eigenvalue weighted by atomic mass is 10.1. The number of hydrazone groups is 1. The van der Waals surface area contributed by atoms with Gasteiger partial charge in [0, 0.05) is 5.56 Å². The average Bonchev–Trinajstić information content (AvgIpc) is 3.24. The van der Waals surface area contributed by atoms with Crippen molar-refractivity contribution in [3.63, 3.8) is 0 Å². The van der Waals surface area contributed by atoms with Crippen LogP contribution in [0.2, 0.25) is 0 Å². The molecule has 0 aliphatic carbocycles. The molecule has 4 aromatic rings. The van der Waals surface area contributed by atoms with E-state index in [-0.39, 0.29) is 5.91 Å². The number of benzene rings is 3. The number of H-pyrrole nitrogens is 1. The Morgan fingerprint density at radius 3 is 2.61 bits per heavy atom. The van der Waals surface area contributed by atoms with E-state index in [4.69, 9.17) is 4.74 Å². The van der Waals surface area contributed by atoms with Crippen molar-refractivity contribution in [3.8, 4) is 17.0 Å². The lowest BCUT2D eigenvalue weighted by Crippen LogP contribution is -2.17. The van der Waals surface area contributed by atoms with Crippen molar-refractivity contribution in [2.75, 3.05) is 7.11 Å². The van der Waals surface area contributed by atoms with E-state index in [1.807, 2.05) is 60.7 Å². The molecule has 0 aliphatic heterocycles. The van der Waals surface area contributed by atoms with Crippen molar-refractivity contribution in [1.82, 2.24) is 15.6 Å². The van der Waals surface area contributed by atoms with Crippen molar-refractivity contribution >= 4 is 22.9 Å². The zero-order chi connectivity index (χ0) is 19.3. The number of nitrogens with one attached hydrogen (secondary N) is 2. The number of carbonyl (C=O) groups excluding carboxylic acids is 1. The molecule has 0 aliphatic rings. The first-order valence-corrected chi connectivity index (χ1v) is 8.75. The second-order valence-corrected chi connectivity index (χ2v) is 6.20. The summed E-state index contributed by atoms with van der Waals surface area (Å²) in [6, 6.07) is 23.2. The minimum absolute atomic E-state index is 0.335. The highest BCUT2D eigenvalue weighted by Gasteiger charge is 2.10. The number of rotatable bonds is 5. The molecule has 0 spiro atoms. The van der Waals surface area contributed by atoms with Gasteiger partial charge in [0.1, 0.15) is 11.4 Å². The molecule has 3 aromatic carbocycles. The second-order valence-electron chi connectivity index (χ2n) is 6.20. The zero-order valence-corrected chi connectivity index (χ0v) is 15.2. The number of amides is 1. The van der Waals surface area contributed by atoms with Crippen LogP contribution in [-0.2, 0) is 0 Å². The van der Waals surface area contributed by atoms with Crippen LogP contribution in [0.1, 0.15) is 16.1 Å². The van der Waals surface area contributed by atoms with E-state index in [1.165, 1.54) is 0 Å². The molecule has 1 heterocycles. The number of aromatic amines is 1. The number of methoxy groups -OCH3 is 1. The second kappa shape index (κ2) is 7.75. The fourth-order valence-electron chi connectivity index (χ4n) is 2.86. The van der Waals surface area contributed by atoms with Gasteiger partial charge in [-0.2, -0.15) is 10.2 Å². The van der Waals surface area contributed by atoms with Gasteiger partial charge in [-0.25, -0.2) is 5.43 Å². The summed E-state index contributed by atoms with van der Waals surface area (Å²) < 4.78 is 5.14. The number of ether oxygens (including phenoxy) is 1. The predicted molar refractivity (Wildman–Crippen MR) is 110 cm³/mol. The Kier molecular flexibility index (Phi) is 4.84. The maximum atomic E-state index is 12.3. The van der Waals surface area contributed by atoms with Gasteiger partial charge < -0.3 is 4.74 Å². The lowest BCUT2D eigenvalue weighted by molar-refractivity contribution is 0.0950.